The van der Waals surface area contributed by atoms with Gasteiger partial charge in [-0.25, -0.2) is 33.0 Å². The Kier molecular flexibility index (Phi) is 20.2. The maximum Gasteiger partial charge on any atom is 0.410 e. The lowest BCUT2D eigenvalue weighted by atomic mass is 10.1. The molecule has 0 unspecified atom stereocenters. The molecule has 2 aliphatic heterocycles. The number of nitrogen functional groups attached to an aromatic ring is 2. The Bertz CT molecular complexity index is 2870. The molecule has 3 aromatic heterocycles. The summed E-state index contributed by atoms with van der Waals surface area (Å²) < 4.78 is 51.7. The average molecular weight is 1100 g/mol. The highest BCUT2D eigenvalue weighted by Gasteiger charge is 2.30. The molecular weight excluding hydrogens is 1040 g/mol. The fourth-order valence-corrected chi connectivity index (χ4v) is 8.79. The SMILES string of the molecule is C#Cc1cnc(N)c(O[C@@H](C)c2c(Cl)ccc(F)c2Cl)c1.CC(C)(C)OC(=O)N1CCC(N=[N+]=[N-])CC1.C[C@H](Oc1cc(-c2cn(C3CCN(C(=O)OC(C)(C)C)CC3)nn2)cnc1N)c1c(Cl)ccc(F)c1Cl. The number of nitrogens with two attached hydrogens (primary N) is 2. The predicted octanol–water partition coefficient (Wildman–Crippen LogP) is 13.0. The van der Waals surface area contributed by atoms with Crippen LogP contribution in [0.3, 0.4) is 0 Å². The normalized spacial score (nSPS) is 14.9. The van der Waals surface area contributed by atoms with Gasteiger partial charge in [-0.3, -0.25) is 0 Å². The van der Waals surface area contributed by atoms with E-state index in [1.165, 1.54) is 30.5 Å². The van der Waals surface area contributed by atoms with Gasteiger partial charge in [0, 0.05) is 87.9 Å². The van der Waals surface area contributed by atoms with Crippen molar-refractivity contribution in [3.63, 3.8) is 0 Å². The van der Waals surface area contributed by atoms with Gasteiger partial charge in [-0.15, -0.1) is 11.5 Å². The summed E-state index contributed by atoms with van der Waals surface area (Å²) in [6, 6.07) is 8.60. The van der Waals surface area contributed by atoms with Gasteiger partial charge in [-0.05, 0) is 117 Å². The summed E-state index contributed by atoms with van der Waals surface area (Å²) in [4.78, 5) is 38.3. The number of pyridine rings is 2. The third-order valence-electron chi connectivity index (χ3n) is 11.1. The highest BCUT2D eigenvalue weighted by atomic mass is 35.5. The highest BCUT2D eigenvalue weighted by Crippen LogP contribution is 2.38. The number of amides is 2. The van der Waals surface area contributed by atoms with Gasteiger partial charge in [0.05, 0.1) is 22.3 Å². The number of piperidine rings is 2. The molecule has 0 saturated carbocycles. The van der Waals surface area contributed by atoms with Crippen LogP contribution >= 0.6 is 46.4 Å². The number of carbonyl (C=O) groups is 2. The number of carbonyl (C=O) groups excluding carboxylic acids is 2. The zero-order valence-corrected chi connectivity index (χ0v) is 45.1. The number of benzene rings is 2. The monoisotopic (exact) mass is 1100 g/mol. The molecule has 18 nitrogen and oxygen atoms in total. The fourth-order valence-electron chi connectivity index (χ4n) is 7.44. The first-order chi connectivity index (χ1) is 34.8. The number of azide groups is 1. The summed E-state index contributed by atoms with van der Waals surface area (Å²) >= 11 is 24.3. The number of rotatable bonds is 9. The van der Waals surface area contributed by atoms with Crippen molar-refractivity contribution in [2.75, 3.05) is 37.6 Å². The Morgan fingerprint density at radius 2 is 1.24 bits per heavy atom. The van der Waals surface area contributed by atoms with E-state index in [4.69, 9.17) is 88.8 Å². The Morgan fingerprint density at radius 1 is 0.784 bits per heavy atom. The first kappa shape index (κ1) is 58.4. The van der Waals surface area contributed by atoms with E-state index in [-0.39, 0.29) is 62.5 Å². The molecule has 2 aromatic carbocycles. The molecule has 4 N–H and O–H groups in total. The Hall–Kier alpha value is -6.49. The second-order valence-corrected chi connectivity index (χ2v) is 20.6. The van der Waals surface area contributed by atoms with E-state index in [0.29, 0.717) is 72.0 Å². The van der Waals surface area contributed by atoms with Crippen molar-refractivity contribution in [2.24, 2.45) is 5.11 Å². The maximum atomic E-state index is 14.0. The number of aromatic nitrogens is 5. The Morgan fingerprint density at radius 3 is 1.70 bits per heavy atom. The summed E-state index contributed by atoms with van der Waals surface area (Å²) in [5, 5.41) is 12.6. The minimum Gasteiger partial charge on any atom is -0.482 e. The topological polar surface area (TPSA) is 235 Å². The molecule has 2 atom stereocenters. The zero-order valence-electron chi connectivity index (χ0n) is 42.1. The first-order valence-electron chi connectivity index (χ1n) is 23.3. The van der Waals surface area contributed by atoms with Crippen LogP contribution in [0.15, 0.2) is 60.1 Å². The molecule has 0 bridgehead atoms. The number of terminal acetylenes is 1. The number of hydrogen-bond acceptors (Lipinski definition) is 13. The van der Waals surface area contributed by atoms with Crippen molar-refractivity contribution in [3.05, 3.63) is 114 Å². The van der Waals surface area contributed by atoms with Crippen LogP contribution in [0.1, 0.15) is 116 Å². The summed E-state index contributed by atoms with van der Waals surface area (Å²) in [5.41, 5.74) is 21.5. The largest absolute Gasteiger partial charge is 0.482 e. The summed E-state index contributed by atoms with van der Waals surface area (Å²) in [6.45, 7) is 16.8. The molecule has 2 amide bonds. The number of ether oxygens (including phenoxy) is 4. The molecule has 2 fully saturated rings. The third-order valence-corrected chi connectivity index (χ3v) is 12.6. The fraction of sp³-hybridized carbons (Fsp3) is 0.440. The van der Waals surface area contributed by atoms with Gasteiger partial charge in [0.1, 0.15) is 40.7 Å². The molecule has 2 aliphatic rings. The van der Waals surface area contributed by atoms with E-state index >= 15 is 0 Å². The summed E-state index contributed by atoms with van der Waals surface area (Å²) in [5.74, 6) is 2.15. The van der Waals surface area contributed by atoms with E-state index in [2.05, 4.69) is 36.2 Å². The second kappa shape index (κ2) is 25.6. The number of likely N-dealkylation sites (tertiary alicyclic amines) is 2. The van der Waals surface area contributed by atoms with Gasteiger partial charge in [-0.2, -0.15) is 0 Å². The summed E-state index contributed by atoms with van der Waals surface area (Å²) in [6.07, 6.45) is 11.1. The molecule has 0 radical (unpaired) electrons. The van der Waals surface area contributed by atoms with E-state index < -0.39 is 35.0 Å². The van der Waals surface area contributed by atoms with Gasteiger partial charge < -0.3 is 40.2 Å². The smallest absolute Gasteiger partial charge is 0.410 e. The van der Waals surface area contributed by atoms with Crippen molar-refractivity contribution < 1.29 is 37.3 Å². The van der Waals surface area contributed by atoms with E-state index in [0.717, 1.165) is 12.8 Å². The first-order valence-corrected chi connectivity index (χ1v) is 24.8. The van der Waals surface area contributed by atoms with Crippen LogP contribution in [-0.2, 0) is 9.47 Å². The minimum absolute atomic E-state index is 0.0173. The lowest BCUT2D eigenvalue weighted by Crippen LogP contribution is -2.42. The van der Waals surface area contributed by atoms with Crippen molar-refractivity contribution in [1.82, 2.24) is 34.8 Å². The molecule has 2 saturated heterocycles. The molecule has 0 spiro atoms. The summed E-state index contributed by atoms with van der Waals surface area (Å²) in [7, 11) is 0. The lowest BCUT2D eigenvalue weighted by molar-refractivity contribution is 0.0180. The molecule has 0 aliphatic carbocycles. The Labute approximate surface area is 448 Å². The van der Waals surface area contributed by atoms with Crippen LogP contribution in [0, 0.1) is 24.0 Å². The van der Waals surface area contributed by atoms with Gasteiger partial charge in [0.25, 0.3) is 0 Å². The third kappa shape index (κ3) is 16.3. The van der Waals surface area contributed by atoms with Crippen molar-refractivity contribution in [2.45, 2.75) is 117 Å². The van der Waals surface area contributed by atoms with E-state index in [1.807, 2.05) is 47.7 Å². The molecule has 396 valence electrons. The van der Waals surface area contributed by atoms with Crippen LogP contribution in [0.4, 0.5) is 30.0 Å². The standard InChI is InChI=1S/C25H29Cl2FN6O3.C15H11Cl2FN2O.C10H18N4O2/c1-14(21-17(26)5-6-18(28)22(21)27)36-20-11-15(12-30-23(20)29)19-13-34(32-31-19)16-7-9-33(10-8-16)24(35)37-25(2,3)4;1-3-9-6-12(15(19)20-7-9)21-8(2)13-10(16)4-5-11(18)14(13)17;1-10(2,3)16-9(15)14-6-4-8(5-7-14)12-13-11/h5-6,11-14,16H,7-10H2,1-4H3,(H2,29,30);1,4-8H,2H3,(H2,19,20);8H,4-7H2,1-3H3/t14-;8-;/m00./s1. The molecule has 7 rings (SSSR count). The van der Waals surface area contributed by atoms with Crippen molar-refractivity contribution in [1.29, 1.82) is 0 Å². The predicted molar refractivity (Wildman–Crippen MR) is 281 cm³/mol. The highest BCUT2D eigenvalue weighted by molar-refractivity contribution is 6.36. The van der Waals surface area contributed by atoms with Gasteiger partial charge in [0.15, 0.2) is 23.1 Å². The minimum atomic E-state index is -0.694. The second-order valence-electron chi connectivity index (χ2n) is 19.1. The molecule has 5 heterocycles. The van der Waals surface area contributed by atoms with Crippen LogP contribution < -0.4 is 20.9 Å². The maximum absolute atomic E-state index is 14.0. The lowest BCUT2D eigenvalue weighted by Gasteiger charge is -2.33. The van der Waals surface area contributed by atoms with Crippen molar-refractivity contribution >= 4 is 70.2 Å². The van der Waals surface area contributed by atoms with Crippen LogP contribution in [0.25, 0.3) is 21.7 Å². The van der Waals surface area contributed by atoms with E-state index in [1.54, 1.807) is 46.7 Å². The number of anilines is 2. The average Bonchev–Trinajstić information content (AvgIpc) is 3.83. The van der Waals surface area contributed by atoms with Crippen molar-refractivity contribution in [3.8, 4) is 35.1 Å². The molecule has 5 aromatic rings. The quantitative estimate of drug-likeness (QED) is 0.0461. The number of hydrogen-bond donors (Lipinski definition) is 2. The van der Waals surface area contributed by atoms with Crippen LogP contribution in [0.2, 0.25) is 20.1 Å². The zero-order chi connectivity index (χ0) is 54.7. The number of halogens is 6. The Balaban J connectivity index is 0.000000230. The van der Waals surface area contributed by atoms with Gasteiger partial charge >= 0.3 is 12.2 Å². The molecular formula is C50H58Cl4F2N12O6. The molecule has 24 heteroatoms. The van der Waals surface area contributed by atoms with Gasteiger partial charge in [-0.1, -0.05) is 62.7 Å². The van der Waals surface area contributed by atoms with Crippen LogP contribution in [0.5, 0.6) is 11.5 Å². The van der Waals surface area contributed by atoms with E-state index in [9.17, 15) is 18.4 Å². The number of nitrogens with zero attached hydrogens (tertiary/aromatic N) is 10. The molecule has 74 heavy (non-hydrogen) atoms. The van der Waals surface area contributed by atoms with Crippen LogP contribution in [-0.4, -0.2) is 90.4 Å². The van der Waals surface area contributed by atoms with Gasteiger partial charge in [0.2, 0.25) is 0 Å².